The van der Waals surface area contributed by atoms with E-state index in [1.54, 1.807) is 18.3 Å². The van der Waals surface area contributed by atoms with Crippen LogP contribution in [0.2, 0.25) is 0 Å². The van der Waals surface area contributed by atoms with Crippen molar-refractivity contribution in [3.8, 4) is 11.5 Å². The number of hydrogen-bond acceptors (Lipinski definition) is 4. The summed E-state index contributed by atoms with van der Waals surface area (Å²) in [5.41, 5.74) is 4.45. The van der Waals surface area contributed by atoms with Gasteiger partial charge >= 0.3 is 0 Å². The van der Waals surface area contributed by atoms with Gasteiger partial charge < -0.3 is 14.8 Å². The minimum absolute atomic E-state index is 0.269. The Morgan fingerprint density at radius 3 is 2.58 bits per heavy atom. The maximum Gasteiger partial charge on any atom is 0.186 e. The summed E-state index contributed by atoms with van der Waals surface area (Å²) in [6.07, 6.45) is 1.65. The zero-order valence-electron chi connectivity index (χ0n) is 14.8. The molecule has 7 heteroatoms. The van der Waals surface area contributed by atoms with Crippen molar-refractivity contribution >= 4 is 23.5 Å². The Labute approximate surface area is 158 Å². The predicted molar refractivity (Wildman–Crippen MR) is 105 cm³/mol. The van der Waals surface area contributed by atoms with Gasteiger partial charge in [0.15, 0.2) is 16.6 Å². The molecule has 0 aliphatic rings. The monoisotopic (exact) mass is 375 g/mol. The van der Waals surface area contributed by atoms with E-state index in [9.17, 15) is 4.39 Å². The maximum absolute atomic E-state index is 13.0. The van der Waals surface area contributed by atoms with Gasteiger partial charge in [-0.15, -0.1) is 0 Å². The zero-order valence-corrected chi connectivity index (χ0v) is 15.6. The van der Waals surface area contributed by atoms with E-state index in [4.69, 9.17) is 21.7 Å². The van der Waals surface area contributed by atoms with Gasteiger partial charge in [-0.3, -0.25) is 5.43 Å². The molecule has 0 atom stereocenters. The molecule has 0 radical (unpaired) electrons. The summed E-state index contributed by atoms with van der Waals surface area (Å²) >= 11 is 5.04. The molecule has 0 unspecified atom stereocenters. The highest BCUT2D eigenvalue weighted by Crippen LogP contribution is 2.28. The lowest BCUT2D eigenvalue weighted by molar-refractivity contribution is 0.269. The zero-order chi connectivity index (χ0) is 18.8. The van der Waals surface area contributed by atoms with E-state index in [2.05, 4.69) is 15.8 Å². The Bertz CT molecular complexity index is 751. The van der Waals surface area contributed by atoms with Gasteiger partial charge in [0.05, 0.1) is 12.8 Å². The molecule has 0 aliphatic heterocycles. The lowest BCUT2D eigenvalue weighted by Crippen LogP contribution is -2.31. The van der Waals surface area contributed by atoms with Crippen molar-refractivity contribution in [3.63, 3.8) is 0 Å². The maximum atomic E-state index is 13.0. The van der Waals surface area contributed by atoms with Gasteiger partial charge in [-0.25, -0.2) is 4.39 Å². The number of hydrazone groups is 1. The summed E-state index contributed by atoms with van der Waals surface area (Å²) in [5, 5.41) is 7.49. The molecule has 2 aromatic rings. The number of ether oxygens (including phenoxy) is 2. The number of thiocarbonyl (C=S) groups is 1. The smallest absolute Gasteiger partial charge is 0.186 e. The average molecular weight is 375 g/mol. The highest BCUT2D eigenvalue weighted by molar-refractivity contribution is 7.80. The summed E-state index contributed by atoms with van der Waals surface area (Å²) in [4.78, 5) is 0. The van der Waals surface area contributed by atoms with Gasteiger partial charge in [-0.05, 0) is 67.5 Å². The van der Waals surface area contributed by atoms with Crippen LogP contribution >= 0.6 is 12.2 Å². The van der Waals surface area contributed by atoms with E-state index >= 15 is 0 Å². The minimum atomic E-state index is -0.269. The number of nitrogens with one attached hydrogen (secondary N) is 2. The fourth-order valence-electron chi connectivity index (χ4n) is 2.10. The first-order valence-corrected chi connectivity index (χ1v) is 8.74. The van der Waals surface area contributed by atoms with Crippen molar-refractivity contribution in [1.82, 2.24) is 10.7 Å². The summed E-state index contributed by atoms with van der Waals surface area (Å²) in [6.45, 7) is 5.43. The first-order valence-electron chi connectivity index (χ1n) is 8.33. The van der Waals surface area contributed by atoms with Crippen LogP contribution < -0.4 is 20.2 Å². The van der Waals surface area contributed by atoms with Crippen molar-refractivity contribution in [2.45, 2.75) is 20.5 Å². The fourth-order valence-corrected chi connectivity index (χ4v) is 2.30. The molecular formula is C19H22FN3O2S. The summed E-state index contributed by atoms with van der Waals surface area (Å²) in [5.74, 6) is 0.965. The van der Waals surface area contributed by atoms with E-state index < -0.39 is 0 Å². The van der Waals surface area contributed by atoms with E-state index in [0.717, 1.165) is 17.7 Å². The molecule has 0 amide bonds. The molecule has 5 nitrogen and oxygen atoms in total. The number of nitrogens with zero attached hydrogens (tertiary/aromatic N) is 1. The lowest BCUT2D eigenvalue weighted by atomic mass is 10.2. The quantitative estimate of drug-likeness (QED) is 0.419. The third-order valence-electron chi connectivity index (χ3n) is 3.29. The van der Waals surface area contributed by atoms with Crippen LogP contribution in [0.3, 0.4) is 0 Å². The number of rotatable bonds is 8. The Morgan fingerprint density at radius 1 is 1.12 bits per heavy atom. The van der Waals surface area contributed by atoms with Crippen LogP contribution in [-0.2, 0) is 6.61 Å². The minimum Gasteiger partial charge on any atom is -0.490 e. The van der Waals surface area contributed by atoms with Crippen LogP contribution in [0.5, 0.6) is 11.5 Å². The molecule has 2 rings (SSSR count). The third kappa shape index (κ3) is 6.33. The largest absolute Gasteiger partial charge is 0.490 e. The van der Waals surface area contributed by atoms with Crippen LogP contribution in [0.4, 0.5) is 4.39 Å². The molecule has 0 fully saturated rings. The molecule has 0 aliphatic carbocycles. The van der Waals surface area contributed by atoms with Crippen molar-refractivity contribution in [2.24, 2.45) is 5.10 Å². The standard InChI is InChI=1S/C19H22FN3O2S/c1-3-21-19(26)23-22-12-15-7-10-17(18(11-15)24-4-2)25-13-14-5-8-16(20)9-6-14/h5-12H,3-4,13H2,1-2H3,(H2,21,23,26)/b22-12+. The fraction of sp³-hybridized carbons (Fsp3) is 0.263. The van der Waals surface area contributed by atoms with Gasteiger partial charge in [0.1, 0.15) is 12.4 Å². The van der Waals surface area contributed by atoms with Crippen LogP contribution in [0, 0.1) is 5.82 Å². The van der Waals surface area contributed by atoms with Gasteiger partial charge in [0.2, 0.25) is 0 Å². The molecule has 0 saturated heterocycles. The molecule has 0 heterocycles. The predicted octanol–water partition coefficient (Wildman–Crippen LogP) is 3.62. The first-order chi connectivity index (χ1) is 12.6. The lowest BCUT2D eigenvalue weighted by Gasteiger charge is -2.12. The summed E-state index contributed by atoms with van der Waals surface area (Å²) in [6, 6.07) is 11.7. The number of benzene rings is 2. The van der Waals surface area contributed by atoms with Crippen LogP contribution in [0.25, 0.3) is 0 Å². The van der Waals surface area contributed by atoms with E-state index in [-0.39, 0.29) is 5.82 Å². The van der Waals surface area contributed by atoms with Crippen LogP contribution in [-0.4, -0.2) is 24.5 Å². The van der Waals surface area contributed by atoms with E-state index in [0.29, 0.717) is 29.8 Å². The molecule has 2 N–H and O–H groups in total. The van der Waals surface area contributed by atoms with Crippen LogP contribution in [0.1, 0.15) is 25.0 Å². The van der Waals surface area contributed by atoms with Crippen LogP contribution in [0.15, 0.2) is 47.6 Å². The normalized spacial score (nSPS) is 10.6. The summed E-state index contributed by atoms with van der Waals surface area (Å²) < 4.78 is 24.4. The van der Waals surface area contributed by atoms with Crippen molar-refractivity contribution < 1.29 is 13.9 Å². The van der Waals surface area contributed by atoms with E-state index in [1.165, 1.54) is 12.1 Å². The summed E-state index contributed by atoms with van der Waals surface area (Å²) in [7, 11) is 0. The molecule has 26 heavy (non-hydrogen) atoms. The van der Waals surface area contributed by atoms with E-state index in [1.807, 2.05) is 32.0 Å². The first kappa shape index (κ1) is 19.7. The Balaban J connectivity index is 2.03. The Kier molecular flexibility index (Phi) is 7.82. The second kappa shape index (κ2) is 10.4. The number of halogens is 1. The molecule has 0 aromatic heterocycles. The second-order valence-corrected chi connectivity index (χ2v) is 5.69. The Hall–Kier alpha value is -2.67. The molecule has 0 spiro atoms. The van der Waals surface area contributed by atoms with Gasteiger partial charge in [-0.1, -0.05) is 12.1 Å². The van der Waals surface area contributed by atoms with Crippen molar-refractivity contribution in [3.05, 3.63) is 59.4 Å². The molecule has 2 aromatic carbocycles. The van der Waals surface area contributed by atoms with Gasteiger partial charge in [0.25, 0.3) is 0 Å². The highest BCUT2D eigenvalue weighted by atomic mass is 32.1. The number of hydrogen-bond donors (Lipinski definition) is 2. The van der Waals surface area contributed by atoms with Crippen molar-refractivity contribution in [2.75, 3.05) is 13.2 Å². The highest BCUT2D eigenvalue weighted by Gasteiger charge is 2.07. The molecule has 0 saturated carbocycles. The SMILES string of the molecule is CCNC(=S)N/N=C/c1ccc(OCc2ccc(F)cc2)c(OCC)c1. The van der Waals surface area contributed by atoms with Crippen molar-refractivity contribution in [1.29, 1.82) is 0 Å². The average Bonchev–Trinajstić information content (AvgIpc) is 2.63. The second-order valence-electron chi connectivity index (χ2n) is 5.28. The molecular weight excluding hydrogens is 353 g/mol. The van der Waals surface area contributed by atoms with Gasteiger partial charge in [0, 0.05) is 6.54 Å². The molecule has 138 valence electrons. The third-order valence-corrected chi connectivity index (χ3v) is 3.53. The molecule has 0 bridgehead atoms. The Morgan fingerprint density at radius 2 is 1.88 bits per heavy atom. The topological polar surface area (TPSA) is 54.9 Å². The van der Waals surface area contributed by atoms with Gasteiger partial charge in [-0.2, -0.15) is 5.10 Å².